The Kier molecular flexibility index (Phi) is 3.74. The minimum absolute atomic E-state index is 0.416. The average Bonchev–Trinajstić information content (AvgIpc) is 2.29. The van der Waals surface area contributed by atoms with E-state index in [4.69, 9.17) is 0 Å². The summed E-state index contributed by atoms with van der Waals surface area (Å²) in [6, 6.07) is 4.99. The summed E-state index contributed by atoms with van der Waals surface area (Å²) >= 11 is 0. The Morgan fingerprint density at radius 2 is 2.06 bits per heavy atom. The smallest absolute Gasteiger partial charge is 0.159 e. The second-order valence-corrected chi connectivity index (χ2v) is 4.84. The van der Waals surface area contributed by atoms with Crippen LogP contribution in [0.4, 0.5) is 8.78 Å². The van der Waals surface area contributed by atoms with E-state index >= 15 is 0 Å². The molecule has 0 saturated carbocycles. The summed E-state index contributed by atoms with van der Waals surface area (Å²) in [5.74, 6) is -1.55. The Balaban J connectivity index is 2.06. The number of piperazine rings is 1. The van der Waals surface area contributed by atoms with E-state index in [1.807, 2.05) is 0 Å². The van der Waals surface area contributed by atoms with Gasteiger partial charge in [0, 0.05) is 31.7 Å². The van der Waals surface area contributed by atoms with E-state index in [2.05, 4.69) is 24.1 Å². The van der Waals surface area contributed by atoms with Gasteiger partial charge >= 0.3 is 0 Å². The average molecular weight is 240 g/mol. The van der Waals surface area contributed by atoms with Gasteiger partial charge in [0.2, 0.25) is 0 Å². The number of nitrogens with zero attached hydrogens (tertiary/aromatic N) is 1. The van der Waals surface area contributed by atoms with Crippen LogP contribution in [0.5, 0.6) is 0 Å². The summed E-state index contributed by atoms with van der Waals surface area (Å²) in [6.45, 7) is 6.80. The Morgan fingerprint density at radius 1 is 1.29 bits per heavy atom. The molecule has 1 aliphatic rings. The molecule has 94 valence electrons. The summed E-state index contributed by atoms with van der Waals surface area (Å²) in [5, 5.41) is 3.39. The molecular formula is C13H18F2N2. The van der Waals surface area contributed by atoms with Crippen LogP contribution in [0.3, 0.4) is 0 Å². The fraction of sp³-hybridized carbons (Fsp3) is 0.538. The molecule has 1 fully saturated rings. The van der Waals surface area contributed by atoms with Crippen molar-refractivity contribution in [1.82, 2.24) is 10.2 Å². The number of hydrogen-bond donors (Lipinski definition) is 1. The molecule has 0 aromatic heterocycles. The lowest BCUT2D eigenvalue weighted by Gasteiger charge is -2.37. The fourth-order valence-corrected chi connectivity index (χ4v) is 2.19. The summed E-state index contributed by atoms with van der Waals surface area (Å²) in [6.07, 6.45) is 0. The molecular weight excluding hydrogens is 222 g/mol. The molecule has 0 amide bonds. The van der Waals surface area contributed by atoms with Crippen LogP contribution in [0.25, 0.3) is 0 Å². The van der Waals surface area contributed by atoms with E-state index in [0.717, 1.165) is 18.7 Å². The van der Waals surface area contributed by atoms with Crippen LogP contribution in [0.1, 0.15) is 19.4 Å². The van der Waals surface area contributed by atoms with Gasteiger partial charge in [0.15, 0.2) is 11.6 Å². The van der Waals surface area contributed by atoms with Gasteiger partial charge in [-0.3, -0.25) is 4.90 Å². The molecule has 1 aromatic rings. The highest BCUT2D eigenvalue weighted by Crippen LogP contribution is 2.14. The van der Waals surface area contributed by atoms with Crippen molar-refractivity contribution in [3.05, 3.63) is 35.4 Å². The molecule has 17 heavy (non-hydrogen) atoms. The van der Waals surface area contributed by atoms with Crippen LogP contribution in [0.15, 0.2) is 18.2 Å². The Hall–Kier alpha value is -1.00. The standard InChI is InChI=1S/C13H18F2N2/c1-9-7-17(10(2)6-16-9)8-11-3-4-12(14)13(15)5-11/h3-5,9-10,16H,6-8H2,1-2H3/t9-,10+/m1/s1. The van der Waals surface area contributed by atoms with Crippen molar-refractivity contribution >= 4 is 0 Å². The molecule has 1 aromatic carbocycles. The highest BCUT2D eigenvalue weighted by Gasteiger charge is 2.22. The predicted octanol–water partition coefficient (Wildman–Crippen LogP) is 2.15. The first-order chi connectivity index (χ1) is 8.06. The van der Waals surface area contributed by atoms with E-state index in [-0.39, 0.29) is 0 Å². The maximum Gasteiger partial charge on any atom is 0.159 e. The lowest BCUT2D eigenvalue weighted by Crippen LogP contribution is -2.53. The monoisotopic (exact) mass is 240 g/mol. The third-order valence-corrected chi connectivity index (χ3v) is 3.26. The van der Waals surface area contributed by atoms with Gasteiger partial charge in [-0.15, -0.1) is 0 Å². The second-order valence-electron chi connectivity index (χ2n) is 4.84. The van der Waals surface area contributed by atoms with Gasteiger partial charge in [0.25, 0.3) is 0 Å². The highest BCUT2D eigenvalue weighted by molar-refractivity contribution is 5.18. The predicted molar refractivity (Wildman–Crippen MR) is 63.7 cm³/mol. The summed E-state index contributed by atoms with van der Waals surface area (Å²) < 4.78 is 25.9. The van der Waals surface area contributed by atoms with Gasteiger partial charge in [-0.2, -0.15) is 0 Å². The minimum atomic E-state index is -0.782. The van der Waals surface area contributed by atoms with E-state index < -0.39 is 11.6 Å². The van der Waals surface area contributed by atoms with Crippen molar-refractivity contribution in [2.24, 2.45) is 0 Å². The maximum atomic E-state index is 13.1. The minimum Gasteiger partial charge on any atom is -0.311 e. The maximum absolute atomic E-state index is 13.1. The Morgan fingerprint density at radius 3 is 2.76 bits per heavy atom. The van der Waals surface area contributed by atoms with E-state index in [1.165, 1.54) is 12.1 Å². The molecule has 0 bridgehead atoms. The zero-order chi connectivity index (χ0) is 12.4. The molecule has 1 N–H and O–H groups in total. The molecule has 2 nitrogen and oxygen atoms in total. The molecule has 1 heterocycles. The molecule has 2 rings (SSSR count). The molecule has 2 atom stereocenters. The lowest BCUT2D eigenvalue weighted by atomic mass is 10.1. The summed E-state index contributed by atoms with van der Waals surface area (Å²) in [4.78, 5) is 2.29. The summed E-state index contributed by atoms with van der Waals surface area (Å²) in [7, 11) is 0. The van der Waals surface area contributed by atoms with Crippen molar-refractivity contribution in [2.45, 2.75) is 32.5 Å². The topological polar surface area (TPSA) is 15.3 Å². The van der Waals surface area contributed by atoms with Gasteiger partial charge < -0.3 is 5.32 Å². The third kappa shape index (κ3) is 3.01. The molecule has 0 spiro atoms. The van der Waals surface area contributed by atoms with Crippen LogP contribution in [-0.2, 0) is 6.54 Å². The molecule has 1 aliphatic heterocycles. The first-order valence-electron chi connectivity index (χ1n) is 5.97. The first-order valence-corrected chi connectivity index (χ1v) is 5.97. The zero-order valence-corrected chi connectivity index (χ0v) is 10.2. The van der Waals surface area contributed by atoms with Gasteiger partial charge in [-0.25, -0.2) is 8.78 Å². The van der Waals surface area contributed by atoms with Crippen molar-refractivity contribution in [2.75, 3.05) is 13.1 Å². The molecule has 0 aliphatic carbocycles. The van der Waals surface area contributed by atoms with Crippen molar-refractivity contribution in [1.29, 1.82) is 0 Å². The van der Waals surface area contributed by atoms with Crippen LogP contribution in [0, 0.1) is 11.6 Å². The van der Waals surface area contributed by atoms with Gasteiger partial charge in [-0.1, -0.05) is 6.07 Å². The molecule has 0 radical (unpaired) electrons. The van der Waals surface area contributed by atoms with Gasteiger partial charge in [0.05, 0.1) is 0 Å². The number of rotatable bonds is 2. The van der Waals surface area contributed by atoms with E-state index in [9.17, 15) is 8.78 Å². The molecule has 0 unspecified atom stereocenters. The number of benzene rings is 1. The normalized spacial score (nSPS) is 26.1. The van der Waals surface area contributed by atoms with Crippen LogP contribution in [-0.4, -0.2) is 30.1 Å². The van der Waals surface area contributed by atoms with Crippen molar-refractivity contribution in [3.63, 3.8) is 0 Å². The molecule has 1 saturated heterocycles. The first kappa shape index (κ1) is 12.5. The lowest BCUT2D eigenvalue weighted by molar-refractivity contribution is 0.138. The SMILES string of the molecule is C[C@@H]1CN(Cc2ccc(F)c(F)c2)[C@@H](C)CN1. The van der Waals surface area contributed by atoms with Gasteiger partial charge in [-0.05, 0) is 31.5 Å². The van der Waals surface area contributed by atoms with E-state index in [0.29, 0.717) is 18.6 Å². The van der Waals surface area contributed by atoms with Crippen LogP contribution < -0.4 is 5.32 Å². The molecule has 4 heteroatoms. The highest BCUT2D eigenvalue weighted by atomic mass is 19.2. The summed E-state index contributed by atoms with van der Waals surface area (Å²) in [5.41, 5.74) is 0.824. The largest absolute Gasteiger partial charge is 0.311 e. The Labute approximate surface area is 101 Å². The quantitative estimate of drug-likeness (QED) is 0.852. The number of nitrogens with one attached hydrogen (secondary N) is 1. The third-order valence-electron chi connectivity index (χ3n) is 3.26. The van der Waals surface area contributed by atoms with Gasteiger partial charge in [0.1, 0.15) is 0 Å². The number of hydrogen-bond acceptors (Lipinski definition) is 2. The van der Waals surface area contributed by atoms with Crippen LogP contribution >= 0.6 is 0 Å². The van der Waals surface area contributed by atoms with E-state index in [1.54, 1.807) is 6.07 Å². The van der Waals surface area contributed by atoms with Crippen molar-refractivity contribution in [3.8, 4) is 0 Å². The fourth-order valence-electron chi connectivity index (χ4n) is 2.19. The van der Waals surface area contributed by atoms with Crippen molar-refractivity contribution < 1.29 is 8.78 Å². The zero-order valence-electron chi connectivity index (χ0n) is 10.2. The number of halogens is 2. The Bertz CT molecular complexity index is 395. The van der Waals surface area contributed by atoms with Crippen LogP contribution in [0.2, 0.25) is 0 Å². The second kappa shape index (κ2) is 5.10.